The lowest BCUT2D eigenvalue weighted by Gasteiger charge is -2.07. The summed E-state index contributed by atoms with van der Waals surface area (Å²) >= 11 is 2.97. The summed E-state index contributed by atoms with van der Waals surface area (Å²) in [5, 5.41) is 10.8. The Morgan fingerprint density at radius 1 is 1.19 bits per heavy atom. The summed E-state index contributed by atoms with van der Waals surface area (Å²) in [7, 11) is 0. The molecule has 0 bridgehead atoms. The summed E-state index contributed by atoms with van der Waals surface area (Å²) in [5.74, 6) is 0. The van der Waals surface area contributed by atoms with Crippen LogP contribution in [0.2, 0.25) is 0 Å². The minimum atomic E-state index is -0.472. The highest BCUT2D eigenvalue weighted by Crippen LogP contribution is 2.36. The molecule has 2 aromatic carbocycles. The molecule has 4 nitrogen and oxygen atoms in total. The first-order valence-corrected chi connectivity index (χ1v) is 10.2. The molecule has 2 heterocycles. The Morgan fingerprint density at radius 2 is 2.00 bits per heavy atom. The molecule has 0 aliphatic heterocycles. The zero-order chi connectivity index (χ0) is 18.8. The molecule has 27 heavy (non-hydrogen) atoms. The molecule has 1 N–H and O–H groups in total. The minimum absolute atomic E-state index is 0.369. The number of benzene rings is 2. The van der Waals surface area contributed by atoms with E-state index in [1.165, 1.54) is 29.2 Å². The molecular weight excluding hydrogens is 378 g/mol. The molecule has 4 rings (SSSR count). The van der Waals surface area contributed by atoms with Crippen molar-refractivity contribution in [1.29, 1.82) is 0 Å². The molecule has 0 saturated carbocycles. The van der Waals surface area contributed by atoms with Gasteiger partial charge in [-0.05, 0) is 35.7 Å². The Morgan fingerprint density at radius 3 is 2.78 bits per heavy atom. The maximum Gasteiger partial charge on any atom is 0.336 e. The number of thiazole rings is 1. The third kappa shape index (κ3) is 3.83. The van der Waals surface area contributed by atoms with Crippen LogP contribution in [0.4, 0.5) is 0 Å². The Labute approximate surface area is 164 Å². The van der Waals surface area contributed by atoms with Gasteiger partial charge in [-0.15, -0.1) is 11.3 Å². The van der Waals surface area contributed by atoms with Gasteiger partial charge in [0.1, 0.15) is 5.58 Å². The van der Waals surface area contributed by atoms with Gasteiger partial charge in [0.15, 0.2) is 4.34 Å². The Kier molecular flexibility index (Phi) is 5.11. The summed E-state index contributed by atoms with van der Waals surface area (Å²) in [6.45, 7) is 1.94. The van der Waals surface area contributed by atoms with Gasteiger partial charge in [-0.2, -0.15) is 0 Å². The van der Waals surface area contributed by atoms with E-state index in [4.69, 9.17) is 4.42 Å². The SMILES string of the molecule is CCC(O)c1cnc(Sc2ccc3c(-c4ccccc4)cc(=O)oc3c2)s1. The van der Waals surface area contributed by atoms with Crippen LogP contribution in [-0.2, 0) is 0 Å². The van der Waals surface area contributed by atoms with Gasteiger partial charge in [-0.1, -0.05) is 49.0 Å². The zero-order valence-corrected chi connectivity index (χ0v) is 16.2. The van der Waals surface area contributed by atoms with Gasteiger partial charge in [0, 0.05) is 22.5 Å². The highest BCUT2D eigenvalue weighted by molar-refractivity contribution is 8.01. The molecule has 2 aromatic heterocycles. The lowest BCUT2D eigenvalue weighted by Crippen LogP contribution is -1.98. The molecule has 0 amide bonds. The second-order valence-electron chi connectivity index (χ2n) is 6.06. The third-order valence-electron chi connectivity index (χ3n) is 4.22. The van der Waals surface area contributed by atoms with Crippen LogP contribution in [0.25, 0.3) is 22.1 Å². The molecule has 136 valence electrons. The monoisotopic (exact) mass is 395 g/mol. The molecule has 6 heteroatoms. The fraction of sp³-hybridized carbons (Fsp3) is 0.143. The van der Waals surface area contributed by atoms with E-state index in [1.807, 2.05) is 55.5 Å². The van der Waals surface area contributed by atoms with Gasteiger partial charge in [0.25, 0.3) is 0 Å². The zero-order valence-electron chi connectivity index (χ0n) is 14.6. The lowest BCUT2D eigenvalue weighted by atomic mass is 10.0. The minimum Gasteiger partial charge on any atom is -0.423 e. The van der Waals surface area contributed by atoms with E-state index >= 15 is 0 Å². The standard InChI is InChI=1S/C21H17NO3S2/c1-2-17(23)19-12-22-21(27-19)26-14-8-9-15-16(13-6-4-3-5-7-13)11-20(24)25-18(15)10-14/h3-12,17,23H,2H2,1H3. The smallest absolute Gasteiger partial charge is 0.336 e. The number of hydrogen-bond donors (Lipinski definition) is 1. The van der Waals surface area contributed by atoms with E-state index in [9.17, 15) is 9.90 Å². The van der Waals surface area contributed by atoms with Gasteiger partial charge in [-0.3, -0.25) is 0 Å². The van der Waals surface area contributed by atoms with E-state index < -0.39 is 6.10 Å². The van der Waals surface area contributed by atoms with Gasteiger partial charge >= 0.3 is 5.63 Å². The second kappa shape index (κ2) is 7.68. The number of aliphatic hydroxyl groups is 1. The van der Waals surface area contributed by atoms with Crippen molar-refractivity contribution in [2.24, 2.45) is 0 Å². The van der Waals surface area contributed by atoms with Crippen LogP contribution < -0.4 is 5.63 Å². The molecule has 1 atom stereocenters. The number of aromatic nitrogens is 1. The average Bonchev–Trinajstić information content (AvgIpc) is 3.15. The molecule has 1 unspecified atom stereocenters. The lowest BCUT2D eigenvalue weighted by molar-refractivity contribution is 0.177. The largest absolute Gasteiger partial charge is 0.423 e. The predicted octanol–water partition coefficient (Wildman–Crippen LogP) is 5.51. The van der Waals surface area contributed by atoms with Crippen molar-refractivity contribution in [3.8, 4) is 11.1 Å². The van der Waals surface area contributed by atoms with Gasteiger partial charge in [-0.25, -0.2) is 9.78 Å². The normalized spacial score (nSPS) is 12.4. The van der Waals surface area contributed by atoms with E-state index in [0.717, 1.165) is 30.6 Å². The van der Waals surface area contributed by atoms with Crippen molar-refractivity contribution < 1.29 is 9.52 Å². The van der Waals surface area contributed by atoms with Crippen molar-refractivity contribution in [2.75, 3.05) is 0 Å². The number of fused-ring (bicyclic) bond motifs is 1. The quantitative estimate of drug-likeness (QED) is 0.451. The molecule has 0 fully saturated rings. The van der Waals surface area contributed by atoms with E-state index in [2.05, 4.69) is 4.98 Å². The Hall–Kier alpha value is -2.41. The molecule has 0 spiro atoms. The van der Waals surface area contributed by atoms with Crippen molar-refractivity contribution in [2.45, 2.75) is 28.7 Å². The molecule has 0 aliphatic rings. The number of rotatable bonds is 5. The van der Waals surface area contributed by atoms with Crippen molar-refractivity contribution in [3.05, 3.63) is 76.1 Å². The van der Waals surface area contributed by atoms with Gasteiger partial charge < -0.3 is 9.52 Å². The summed E-state index contributed by atoms with van der Waals surface area (Å²) in [6, 6.07) is 17.2. The van der Waals surface area contributed by atoms with E-state index in [1.54, 1.807) is 6.20 Å². The van der Waals surface area contributed by atoms with Crippen LogP contribution in [0, 0.1) is 0 Å². The van der Waals surface area contributed by atoms with Crippen LogP contribution in [-0.4, -0.2) is 10.1 Å². The van der Waals surface area contributed by atoms with E-state index in [-0.39, 0.29) is 5.63 Å². The molecule has 0 aliphatic carbocycles. The first-order valence-electron chi connectivity index (χ1n) is 8.59. The third-order valence-corrected chi connectivity index (χ3v) is 6.39. The van der Waals surface area contributed by atoms with Crippen LogP contribution in [0.3, 0.4) is 0 Å². The van der Waals surface area contributed by atoms with E-state index in [0.29, 0.717) is 12.0 Å². The fourth-order valence-corrected chi connectivity index (χ4v) is 4.90. The maximum atomic E-state index is 12.0. The molecule has 0 radical (unpaired) electrons. The number of aliphatic hydroxyl groups excluding tert-OH is 1. The first-order chi connectivity index (χ1) is 13.1. The Balaban J connectivity index is 1.71. The van der Waals surface area contributed by atoms with Crippen molar-refractivity contribution >= 4 is 34.1 Å². The topological polar surface area (TPSA) is 63.3 Å². The van der Waals surface area contributed by atoms with Crippen LogP contribution in [0.1, 0.15) is 24.3 Å². The Bertz CT molecular complexity index is 1140. The molecular formula is C21H17NO3S2. The fourth-order valence-electron chi connectivity index (χ4n) is 2.84. The van der Waals surface area contributed by atoms with Crippen LogP contribution in [0.5, 0.6) is 0 Å². The number of hydrogen-bond acceptors (Lipinski definition) is 6. The first kappa shape index (κ1) is 18.0. The second-order valence-corrected chi connectivity index (χ2v) is 8.44. The van der Waals surface area contributed by atoms with Crippen LogP contribution >= 0.6 is 23.1 Å². The molecule has 0 saturated heterocycles. The van der Waals surface area contributed by atoms with Crippen molar-refractivity contribution in [3.63, 3.8) is 0 Å². The summed E-state index contributed by atoms with van der Waals surface area (Å²) in [4.78, 5) is 18.2. The summed E-state index contributed by atoms with van der Waals surface area (Å²) in [5.41, 5.74) is 2.03. The number of nitrogens with zero attached hydrogens (tertiary/aromatic N) is 1. The van der Waals surface area contributed by atoms with Crippen LogP contribution in [0.15, 0.2) is 79.2 Å². The van der Waals surface area contributed by atoms with Gasteiger partial charge in [0.05, 0.1) is 11.0 Å². The highest BCUT2D eigenvalue weighted by Gasteiger charge is 2.12. The maximum absolute atomic E-state index is 12.0. The predicted molar refractivity (Wildman–Crippen MR) is 109 cm³/mol. The highest BCUT2D eigenvalue weighted by atomic mass is 32.2. The molecule has 4 aromatic rings. The summed E-state index contributed by atoms with van der Waals surface area (Å²) in [6.07, 6.45) is 1.91. The average molecular weight is 396 g/mol. The summed E-state index contributed by atoms with van der Waals surface area (Å²) < 4.78 is 6.28. The van der Waals surface area contributed by atoms with Crippen molar-refractivity contribution in [1.82, 2.24) is 4.98 Å². The van der Waals surface area contributed by atoms with Gasteiger partial charge in [0.2, 0.25) is 0 Å².